The summed E-state index contributed by atoms with van der Waals surface area (Å²) >= 11 is 0. The van der Waals surface area contributed by atoms with Crippen LogP contribution in [0.1, 0.15) is 12.0 Å². The van der Waals surface area contributed by atoms with Crippen LogP contribution in [0.5, 0.6) is 5.75 Å². The standard InChI is InChI=1S/C19H28N4O4/c1-22(2)17(13-14-4-3-5-15(24)12-14)19(26)21-16(18(20)25)6-7-23-8-10-27-11-9-23/h3-5,12,17,24H,6-11,13H2,1-2H3,(H2,20,25)/t17-/m0/s1. The second-order valence-electron chi connectivity index (χ2n) is 6.82. The van der Waals surface area contributed by atoms with Crippen molar-refractivity contribution in [3.8, 4) is 5.75 Å². The number of carbonyl (C=O) groups excluding carboxylic acids is 2. The Morgan fingerprint density at radius 3 is 2.63 bits per heavy atom. The summed E-state index contributed by atoms with van der Waals surface area (Å²) in [6.07, 6.45) is 0.701. The minimum absolute atomic E-state index is 0.0919. The third-order valence-electron chi connectivity index (χ3n) is 4.55. The summed E-state index contributed by atoms with van der Waals surface area (Å²) in [5.41, 5.74) is 6.34. The molecule has 0 radical (unpaired) electrons. The Bertz CT molecular complexity index is 684. The highest BCUT2D eigenvalue weighted by atomic mass is 16.5. The van der Waals surface area contributed by atoms with Crippen molar-refractivity contribution in [2.75, 3.05) is 46.9 Å². The maximum Gasteiger partial charge on any atom is 0.263 e. The van der Waals surface area contributed by atoms with Gasteiger partial charge in [0.1, 0.15) is 11.5 Å². The predicted molar refractivity (Wildman–Crippen MR) is 103 cm³/mol. The molecule has 0 saturated carbocycles. The van der Waals surface area contributed by atoms with E-state index in [2.05, 4.69) is 9.89 Å². The number of likely N-dealkylation sites (N-methyl/N-ethyl adjacent to an activating group) is 1. The number of phenolic OH excluding ortho intramolecular Hbond substituents is 1. The molecule has 1 fully saturated rings. The molecule has 0 aliphatic carbocycles. The molecule has 0 aromatic heterocycles. The second kappa shape index (κ2) is 10.1. The zero-order chi connectivity index (χ0) is 19.8. The summed E-state index contributed by atoms with van der Waals surface area (Å²) in [6, 6.07) is 6.19. The van der Waals surface area contributed by atoms with Gasteiger partial charge in [0.2, 0.25) is 0 Å². The summed E-state index contributed by atoms with van der Waals surface area (Å²) < 4.78 is 5.30. The first-order valence-corrected chi connectivity index (χ1v) is 9.02. The summed E-state index contributed by atoms with van der Waals surface area (Å²) in [6.45, 7) is 3.51. The first-order valence-electron chi connectivity index (χ1n) is 9.02. The number of primary amides is 1. The lowest BCUT2D eigenvalue weighted by Crippen LogP contribution is -2.40. The number of ether oxygens (including phenoxy) is 1. The number of aromatic hydroxyl groups is 1. The Hall–Kier alpha value is -2.29. The SMILES string of the molecule is CN(C)[C@@H](Cc1cccc(O)c1)C(=O)N=C(CCN1CCOCC1)C(N)=O. The molecule has 148 valence electrons. The number of phenols is 1. The van der Waals surface area contributed by atoms with Crippen LogP contribution in [-0.2, 0) is 20.7 Å². The number of morpholine rings is 1. The molecule has 1 heterocycles. The highest BCUT2D eigenvalue weighted by Crippen LogP contribution is 2.15. The third-order valence-corrected chi connectivity index (χ3v) is 4.55. The first-order chi connectivity index (χ1) is 12.9. The average molecular weight is 376 g/mol. The predicted octanol–water partition coefficient (Wildman–Crippen LogP) is 0.0401. The summed E-state index contributed by atoms with van der Waals surface area (Å²) in [5, 5.41) is 9.61. The molecule has 1 aromatic rings. The third kappa shape index (κ3) is 6.74. The fraction of sp³-hybridized carbons (Fsp3) is 0.526. The fourth-order valence-electron chi connectivity index (χ4n) is 2.93. The Balaban J connectivity index is 2.07. The van der Waals surface area contributed by atoms with Crippen molar-refractivity contribution in [2.24, 2.45) is 10.7 Å². The van der Waals surface area contributed by atoms with E-state index in [0.717, 1.165) is 18.7 Å². The van der Waals surface area contributed by atoms with Crippen molar-refractivity contribution in [3.63, 3.8) is 0 Å². The van der Waals surface area contributed by atoms with E-state index >= 15 is 0 Å². The normalized spacial score (nSPS) is 17.1. The maximum absolute atomic E-state index is 12.7. The quantitative estimate of drug-likeness (QED) is 0.620. The van der Waals surface area contributed by atoms with E-state index in [9.17, 15) is 14.7 Å². The van der Waals surface area contributed by atoms with Crippen molar-refractivity contribution in [3.05, 3.63) is 29.8 Å². The highest BCUT2D eigenvalue weighted by molar-refractivity contribution is 6.40. The molecule has 0 bridgehead atoms. The first kappa shape index (κ1) is 21.0. The van der Waals surface area contributed by atoms with E-state index in [4.69, 9.17) is 10.5 Å². The topological polar surface area (TPSA) is 108 Å². The van der Waals surface area contributed by atoms with E-state index in [1.54, 1.807) is 37.2 Å². The van der Waals surface area contributed by atoms with Crippen LogP contribution < -0.4 is 5.73 Å². The number of hydrogen-bond donors (Lipinski definition) is 2. The number of benzene rings is 1. The Morgan fingerprint density at radius 1 is 1.33 bits per heavy atom. The molecule has 8 nitrogen and oxygen atoms in total. The van der Waals surface area contributed by atoms with Gasteiger partial charge in [0, 0.05) is 26.1 Å². The van der Waals surface area contributed by atoms with E-state index in [1.165, 1.54) is 0 Å². The number of rotatable bonds is 8. The summed E-state index contributed by atoms with van der Waals surface area (Å²) in [7, 11) is 3.55. The van der Waals surface area contributed by atoms with Crippen LogP contribution >= 0.6 is 0 Å². The molecule has 27 heavy (non-hydrogen) atoms. The smallest absolute Gasteiger partial charge is 0.263 e. The molecule has 8 heteroatoms. The van der Waals surface area contributed by atoms with E-state index in [-0.39, 0.29) is 11.5 Å². The number of hydrogen-bond acceptors (Lipinski definition) is 6. The van der Waals surface area contributed by atoms with Gasteiger partial charge in [-0.1, -0.05) is 12.1 Å². The van der Waals surface area contributed by atoms with Crippen LogP contribution in [0.25, 0.3) is 0 Å². The largest absolute Gasteiger partial charge is 0.508 e. The van der Waals surface area contributed by atoms with Crippen LogP contribution in [0.2, 0.25) is 0 Å². The number of nitrogens with zero attached hydrogens (tertiary/aromatic N) is 3. The van der Waals surface area contributed by atoms with Crippen molar-refractivity contribution in [1.29, 1.82) is 0 Å². The molecule has 3 N–H and O–H groups in total. The molecule has 1 aliphatic heterocycles. The molecule has 1 atom stereocenters. The second-order valence-corrected chi connectivity index (χ2v) is 6.82. The van der Waals surface area contributed by atoms with Gasteiger partial charge in [-0.25, -0.2) is 4.99 Å². The molecular formula is C19H28N4O4. The molecule has 0 spiro atoms. The Labute approximate surface area is 159 Å². The van der Waals surface area contributed by atoms with Gasteiger partial charge in [-0.3, -0.25) is 19.4 Å². The van der Waals surface area contributed by atoms with Gasteiger partial charge >= 0.3 is 0 Å². The van der Waals surface area contributed by atoms with Crippen molar-refractivity contribution in [2.45, 2.75) is 18.9 Å². The molecule has 2 rings (SSSR count). The zero-order valence-corrected chi connectivity index (χ0v) is 15.9. The Morgan fingerprint density at radius 2 is 2.04 bits per heavy atom. The zero-order valence-electron chi connectivity index (χ0n) is 15.9. The van der Waals surface area contributed by atoms with Gasteiger partial charge in [0.25, 0.3) is 11.8 Å². The van der Waals surface area contributed by atoms with Crippen LogP contribution in [-0.4, -0.2) is 85.4 Å². The van der Waals surface area contributed by atoms with Crippen LogP contribution in [0.4, 0.5) is 0 Å². The number of nitrogens with two attached hydrogens (primary N) is 1. The average Bonchev–Trinajstić information content (AvgIpc) is 2.63. The van der Waals surface area contributed by atoms with Gasteiger partial charge < -0.3 is 15.6 Å². The monoisotopic (exact) mass is 376 g/mol. The minimum Gasteiger partial charge on any atom is -0.508 e. The minimum atomic E-state index is -0.675. The lowest BCUT2D eigenvalue weighted by molar-refractivity contribution is -0.122. The molecule has 1 aliphatic rings. The highest BCUT2D eigenvalue weighted by Gasteiger charge is 2.23. The maximum atomic E-state index is 12.7. The van der Waals surface area contributed by atoms with Crippen LogP contribution in [0.3, 0.4) is 0 Å². The Kier molecular flexibility index (Phi) is 7.90. The van der Waals surface area contributed by atoms with Crippen molar-refractivity contribution in [1.82, 2.24) is 9.80 Å². The molecule has 2 amide bonds. The number of aliphatic imine (C=N–C) groups is 1. The summed E-state index contributed by atoms with van der Waals surface area (Å²) in [5.74, 6) is -0.949. The molecular weight excluding hydrogens is 348 g/mol. The van der Waals surface area contributed by atoms with E-state index in [0.29, 0.717) is 32.6 Å². The number of amides is 2. The van der Waals surface area contributed by atoms with Crippen molar-refractivity contribution < 1.29 is 19.4 Å². The van der Waals surface area contributed by atoms with Gasteiger partial charge in [0.05, 0.1) is 19.3 Å². The molecule has 1 aromatic carbocycles. The van der Waals surface area contributed by atoms with E-state index in [1.807, 2.05) is 6.07 Å². The van der Waals surface area contributed by atoms with Crippen molar-refractivity contribution >= 4 is 17.5 Å². The lowest BCUT2D eigenvalue weighted by atomic mass is 10.0. The number of carbonyl (C=O) groups is 2. The van der Waals surface area contributed by atoms with Gasteiger partial charge in [-0.2, -0.15) is 0 Å². The summed E-state index contributed by atoms with van der Waals surface area (Å²) in [4.78, 5) is 32.4. The van der Waals surface area contributed by atoms with Gasteiger partial charge in [0.15, 0.2) is 0 Å². The molecule has 0 unspecified atom stereocenters. The molecule has 1 saturated heterocycles. The fourth-order valence-corrected chi connectivity index (χ4v) is 2.93. The van der Waals surface area contributed by atoms with E-state index < -0.39 is 17.9 Å². The van der Waals surface area contributed by atoms with Gasteiger partial charge in [-0.05, 0) is 38.2 Å². The lowest BCUT2D eigenvalue weighted by Gasteiger charge is -2.26. The van der Waals surface area contributed by atoms with Gasteiger partial charge in [-0.15, -0.1) is 0 Å². The van der Waals surface area contributed by atoms with Crippen LogP contribution in [0, 0.1) is 0 Å². The van der Waals surface area contributed by atoms with Crippen LogP contribution in [0.15, 0.2) is 29.3 Å².